The van der Waals surface area contributed by atoms with Crippen LogP contribution in [0.3, 0.4) is 0 Å². The first kappa shape index (κ1) is 6.56. The normalized spacial score (nSPS) is 25.1. The van der Waals surface area contributed by atoms with Gasteiger partial charge in [-0.2, -0.15) is 0 Å². The van der Waals surface area contributed by atoms with Crippen molar-refractivity contribution in [1.29, 1.82) is 0 Å². The van der Waals surface area contributed by atoms with Gasteiger partial charge in [-0.05, 0) is 12.8 Å². The van der Waals surface area contributed by atoms with E-state index in [0.717, 1.165) is 0 Å². The van der Waals surface area contributed by atoms with Crippen molar-refractivity contribution >= 4 is 16.1 Å². The summed E-state index contributed by atoms with van der Waals surface area (Å²) in [5.74, 6) is 0. The summed E-state index contributed by atoms with van der Waals surface area (Å²) in [7, 11) is 0. The van der Waals surface area contributed by atoms with Gasteiger partial charge >= 0.3 is 0 Å². The molecule has 1 saturated heterocycles. The van der Waals surface area contributed by atoms with E-state index in [1.807, 2.05) is 0 Å². The van der Waals surface area contributed by atoms with Crippen molar-refractivity contribution in [3.63, 3.8) is 0 Å². The Morgan fingerprint density at radius 2 is 1.38 bits per heavy atom. The molecule has 1 heterocycles. The molecule has 0 aromatic heterocycles. The lowest BCUT2D eigenvalue weighted by atomic mass is 10.2. The monoisotopic (exact) mass is 177 g/mol. The topological polar surface area (TPSA) is 3.24 Å². The highest BCUT2D eigenvalue weighted by molar-refractivity contribution is 9.07. The molecule has 0 atom stereocenters. The summed E-state index contributed by atoms with van der Waals surface area (Å²) in [6.45, 7) is 2.47. The van der Waals surface area contributed by atoms with Gasteiger partial charge in [-0.1, -0.05) is 12.8 Å². The van der Waals surface area contributed by atoms with Crippen LogP contribution in [0.25, 0.3) is 0 Å². The summed E-state index contributed by atoms with van der Waals surface area (Å²) in [4.78, 5) is 0. The van der Waals surface area contributed by atoms with Crippen LogP contribution >= 0.6 is 16.1 Å². The first-order valence-electron chi connectivity index (χ1n) is 3.30. The largest absolute Gasteiger partial charge is 0.242 e. The minimum Gasteiger partial charge on any atom is -0.242 e. The molecule has 2 heteroatoms. The van der Waals surface area contributed by atoms with Gasteiger partial charge in [0, 0.05) is 29.2 Å². The maximum Gasteiger partial charge on any atom is 0.0120 e. The highest BCUT2D eigenvalue weighted by Crippen LogP contribution is 2.11. The van der Waals surface area contributed by atoms with Crippen LogP contribution in [0.15, 0.2) is 0 Å². The molecule has 1 aliphatic rings. The number of halogens is 1. The summed E-state index contributed by atoms with van der Waals surface area (Å²) in [5.41, 5.74) is 0. The van der Waals surface area contributed by atoms with E-state index in [9.17, 15) is 0 Å². The average Bonchev–Trinajstić information content (AvgIpc) is 1.94. The molecular weight excluding hydrogens is 166 g/mol. The van der Waals surface area contributed by atoms with Gasteiger partial charge in [-0.25, -0.2) is 3.93 Å². The van der Waals surface area contributed by atoms with Crippen molar-refractivity contribution in [2.24, 2.45) is 0 Å². The Hall–Kier alpha value is 0.440. The Kier molecular flexibility index (Phi) is 2.84. The van der Waals surface area contributed by atoms with Crippen molar-refractivity contribution in [2.75, 3.05) is 13.1 Å². The Morgan fingerprint density at radius 3 is 1.88 bits per heavy atom. The maximum atomic E-state index is 3.47. The van der Waals surface area contributed by atoms with E-state index in [0.29, 0.717) is 0 Å². The van der Waals surface area contributed by atoms with Gasteiger partial charge in [0.1, 0.15) is 0 Å². The Balaban J connectivity index is 2.17. The van der Waals surface area contributed by atoms with Crippen LogP contribution in [0.2, 0.25) is 0 Å². The number of hydrogen-bond donors (Lipinski definition) is 0. The van der Waals surface area contributed by atoms with E-state index in [2.05, 4.69) is 20.1 Å². The second-order valence-corrected chi connectivity index (χ2v) is 3.33. The molecule has 0 aromatic carbocycles. The van der Waals surface area contributed by atoms with Crippen LogP contribution < -0.4 is 0 Å². The van der Waals surface area contributed by atoms with E-state index in [4.69, 9.17) is 0 Å². The standard InChI is InChI=1S/C6H12BrN/c7-8-5-3-1-2-4-6-8/h1-6H2. The molecular formula is C6H12BrN. The fourth-order valence-corrected chi connectivity index (χ4v) is 1.53. The van der Waals surface area contributed by atoms with Gasteiger partial charge in [-0.3, -0.25) is 0 Å². The lowest BCUT2D eigenvalue weighted by molar-refractivity contribution is 0.506. The van der Waals surface area contributed by atoms with E-state index >= 15 is 0 Å². The Bertz CT molecular complexity index is 57.5. The highest BCUT2D eigenvalue weighted by atomic mass is 79.9. The first-order valence-corrected chi connectivity index (χ1v) is 4.01. The molecule has 0 amide bonds. The third-order valence-corrected chi connectivity index (χ3v) is 2.26. The van der Waals surface area contributed by atoms with Gasteiger partial charge in [0.05, 0.1) is 0 Å². The molecule has 1 nitrogen and oxygen atoms in total. The molecule has 8 heavy (non-hydrogen) atoms. The van der Waals surface area contributed by atoms with Crippen molar-refractivity contribution in [1.82, 2.24) is 3.93 Å². The minimum atomic E-state index is 1.24. The Morgan fingerprint density at radius 1 is 0.875 bits per heavy atom. The smallest absolute Gasteiger partial charge is 0.0120 e. The average molecular weight is 178 g/mol. The third-order valence-electron chi connectivity index (χ3n) is 1.55. The molecule has 48 valence electrons. The quantitative estimate of drug-likeness (QED) is 0.514. The fourth-order valence-electron chi connectivity index (χ4n) is 1.03. The predicted octanol–water partition coefficient (Wildman–Crippen LogP) is 2.17. The highest BCUT2D eigenvalue weighted by Gasteiger charge is 2.03. The lowest BCUT2D eigenvalue weighted by Gasteiger charge is -2.07. The van der Waals surface area contributed by atoms with Crippen LogP contribution in [0.5, 0.6) is 0 Å². The second-order valence-electron chi connectivity index (χ2n) is 2.32. The zero-order valence-electron chi connectivity index (χ0n) is 5.07. The number of rotatable bonds is 0. The molecule has 0 bridgehead atoms. The molecule has 1 fully saturated rings. The maximum absolute atomic E-state index is 3.47. The zero-order valence-corrected chi connectivity index (χ0v) is 6.65. The van der Waals surface area contributed by atoms with Crippen molar-refractivity contribution in [3.05, 3.63) is 0 Å². The van der Waals surface area contributed by atoms with Crippen molar-refractivity contribution in [2.45, 2.75) is 25.7 Å². The predicted molar refractivity (Wildman–Crippen MR) is 39.0 cm³/mol. The number of hydrogen-bond acceptors (Lipinski definition) is 1. The summed E-state index contributed by atoms with van der Waals surface area (Å²) in [5, 5.41) is 0. The molecule has 0 aromatic rings. The molecule has 0 N–H and O–H groups in total. The second kappa shape index (κ2) is 3.46. The minimum absolute atomic E-state index is 1.24. The van der Waals surface area contributed by atoms with Crippen LogP contribution in [-0.2, 0) is 0 Å². The van der Waals surface area contributed by atoms with Crippen LogP contribution in [0.1, 0.15) is 25.7 Å². The van der Waals surface area contributed by atoms with Crippen molar-refractivity contribution < 1.29 is 0 Å². The third kappa shape index (κ3) is 2.14. The first-order chi connectivity index (χ1) is 3.89. The van der Waals surface area contributed by atoms with Gasteiger partial charge in [-0.15, -0.1) is 0 Å². The molecule has 0 aliphatic carbocycles. The molecule has 0 spiro atoms. The van der Waals surface area contributed by atoms with E-state index in [1.165, 1.54) is 38.8 Å². The van der Waals surface area contributed by atoms with Gasteiger partial charge in [0.15, 0.2) is 0 Å². The lowest BCUT2D eigenvalue weighted by Crippen LogP contribution is -2.10. The van der Waals surface area contributed by atoms with Crippen LogP contribution in [0.4, 0.5) is 0 Å². The van der Waals surface area contributed by atoms with E-state index < -0.39 is 0 Å². The SMILES string of the molecule is BrN1CCCCCC1. The Labute approximate surface area is 59.4 Å². The molecule has 1 aliphatic heterocycles. The molecule has 1 rings (SSSR count). The number of nitrogens with zero attached hydrogens (tertiary/aromatic N) is 1. The molecule has 0 unspecified atom stereocenters. The summed E-state index contributed by atoms with van der Waals surface area (Å²) in [6.07, 6.45) is 5.57. The van der Waals surface area contributed by atoms with Gasteiger partial charge < -0.3 is 0 Å². The van der Waals surface area contributed by atoms with Crippen LogP contribution in [0, 0.1) is 0 Å². The summed E-state index contributed by atoms with van der Waals surface area (Å²) in [6, 6.07) is 0. The fraction of sp³-hybridized carbons (Fsp3) is 1.00. The van der Waals surface area contributed by atoms with Gasteiger partial charge in [0.25, 0.3) is 0 Å². The van der Waals surface area contributed by atoms with Crippen molar-refractivity contribution in [3.8, 4) is 0 Å². The molecule has 0 radical (unpaired) electrons. The summed E-state index contributed by atoms with van der Waals surface area (Å²) < 4.78 is 2.24. The van der Waals surface area contributed by atoms with E-state index in [1.54, 1.807) is 0 Å². The van der Waals surface area contributed by atoms with Gasteiger partial charge in [0.2, 0.25) is 0 Å². The van der Waals surface area contributed by atoms with Crippen LogP contribution in [-0.4, -0.2) is 17.0 Å². The summed E-state index contributed by atoms with van der Waals surface area (Å²) >= 11 is 3.47. The zero-order chi connectivity index (χ0) is 5.82. The van der Waals surface area contributed by atoms with E-state index in [-0.39, 0.29) is 0 Å². The molecule has 0 saturated carbocycles.